The molecule has 0 aliphatic heterocycles. The third kappa shape index (κ3) is 3.41. The van der Waals surface area contributed by atoms with Crippen molar-refractivity contribution in [2.45, 2.75) is 65.2 Å². The fourth-order valence-corrected chi connectivity index (χ4v) is 6.95. The molecule has 0 nitrogen and oxygen atoms in total. The molecule has 2 atom stereocenters. The average Bonchev–Trinajstić information content (AvgIpc) is 2.66. The summed E-state index contributed by atoms with van der Waals surface area (Å²) in [7, 11) is 0. The van der Waals surface area contributed by atoms with Gasteiger partial charge in [-0.3, -0.25) is 0 Å². The maximum absolute atomic E-state index is 2.55. The summed E-state index contributed by atoms with van der Waals surface area (Å²) in [5, 5.41) is 2.68. The highest BCUT2D eigenvalue weighted by Crippen LogP contribution is 2.55. The Morgan fingerprint density at radius 1 is 0.690 bits per heavy atom. The Labute approximate surface area is 176 Å². The third-order valence-electron chi connectivity index (χ3n) is 7.77. The lowest BCUT2D eigenvalue weighted by Gasteiger charge is -2.51. The van der Waals surface area contributed by atoms with Gasteiger partial charge in [0.05, 0.1) is 0 Å². The van der Waals surface area contributed by atoms with Gasteiger partial charge in [0, 0.05) is 0 Å². The van der Waals surface area contributed by atoms with Crippen LogP contribution in [0.15, 0.2) is 54.6 Å². The first-order valence-corrected chi connectivity index (χ1v) is 11.5. The van der Waals surface area contributed by atoms with E-state index in [0.29, 0.717) is 5.41 Å². The highest BCUT2D eigenvalue weighted by Gasteiger charge is 2.45. The van der Waals surface area contributed by atoms with E-state index in [-0.39, 0.29) is 0 Å². The summed E-state index contributed by atoms with van der Waals surface area (Å²) in [6, 6.07) is 21.0. The van der Waals surface area contributed by atoms with Gasteiger partial charge in [-0.2, -0.15) is 0 Å². The zero-order valence-corrected chi connectivity index (χ0v) is 18.5. The summed E-state index contributed by atoms with van der Waals surface area (Å²) in [6.07, 6.45) is 7.02. The van der Waals surface area contributed by atoms with E-state index < -0.39 is 0 Å². The summed E-state index contributed by atoms with van der Waals surface area (Å²) < 4.78 is 0. The standard InChI is InChI=1S/C29H34/c1-19-5-7-25-14-26(10-9-24(25)13-19)27-8-6-22(4)28(15-27)29-16-20(2)11-23(18-29)12-21(3)17-29/h5-10,13-15,20-21,23H,11-12,16-18H2,1-4H3. The van der Waals surface area contributed by atoms with Gasteiger partial charge in [0.25, 0.3) is 0 Å². The summed E-state index contributed by atoms with van der Waals surface area (Å²) in [5.41, 5.74) is 7.59. The van der Waals surface area contributed by atoms with E-state index in [1.165, 1.54) is 65.1 Å². The zero-order chi connectivity index (χ0) is 20.2. The summed E-state index contributed by atoms with van der Waals surface area (Å²) in [4.78, 5) is 0. The molecule has 0 heterocycles. The van der Waals surface area contributed by atoms with Crippen LogP contribution in [0.25, 0.3) is 21.9 Å². The largest absolute Gasteiger partial charge is 0.0625 e. The van der Waals surface area contributed by atoms with Gasteiger partial charge in [-0.1, -0.05) is 67.9 Å². The average molecular weight is 383 g/mol. The summed E-state index contributed by atoms with van der Waals surface area (Å²) in [5.74, 6) is 2.64. The molecule has 150 valence electrons. The lowest BCUT2D eigenvalue weighted by atomic mass is 9.54. The van der Waals surface area contributed by atoms with Crippen LogP contribution >= 0.6 is 0 Å². The summed E-state index contributed by atoms with van der Waals surface area (Å²) in [6.45, 7) is 9.48. The Hall–Kier alpha value is -2.08. The van der Waals surface area contributed by atoms with Crippen LogP contribution in [0.5, 0.6) is 0 Å². The topological polar surface area (TPSA) is 0 Å². The molecule has 29 heavy (non-hydrogen) atoms. The van der Waals surface area contributed by atoms with Gasteiger partial charge in [0.15, 0.2) is 0 Å². The van der Waals surface area contributed by atoms with Crippen molar-refractivity contribution in [1.29, 1.82) is 0 Å². The first-order valence-electron chi connectivity index (χ1n) is 11.5. The van der Waals surface area contributed by atoms with Crippen LogP contribution in [-0.4, -0.2) is 0 Å². The minimum absolute atomic E-state index is 0.397. The highest BCUT2D eigenvalue weighted by atomic mass is 14.5. The monoisotopic (exact) mass is 382 g/mol. The Kier molecular flexibility index (Phi) is 4.57. The molecule has 3 aromatic carbocycles. The molecule has 2 unspecified atom stereocenters. The number of fused-ring (bicyclic) bond motifs is 3. The maximum atomic E-state index is 2.55. The molecule has 2 aliphatic carbocycles. The fourth-order valence-electron chi connectivity index (χ4n) is 6.95. The summed E-state index contributed by atoms with van der Waals surface area (Å²) >= 11 is 0. The lowest BCUT2D eigenvalue weighted by Crippen LogP contribution is -2.42. The Morgan fingerprint density at radius 2 is 1.31 bits per heavy atom. The molecule has 2 bridgehead atoms. The van der Waals surface area contributed by atoms with Gasteiger partial charge < -0.3 is 0 Å². The van der Waals surface area contributed by atoms with Crippen molar-refractivity contribution in [3.63, 3.8) is 0 Å². The van der Waals surface area contributed by atoms with Gasteiger partial charge in [-0.25, -0.2) is 0 Å². The fraction of sp³-hybridized carbons (Fsp3) is 0.448. The molecule has 0 amide bonds. The molecule has 2 aliphatic rings. The lowest BCUT2D eigenvalue weighted by molar-refractivity contribution is 0.0776. The van der Waals surface area contributed by atoms with E-state index in [1.54, 1.807) is 5.56 Å². The van der Waals surface area contributed by atoms with Crippen LogP contribution in [0.3, 0.4) is 0 Å². The number of hydrogen-bond acceptors (Lipinski definition) is 0. The van der Waals surface area contributed by atoms with Gasteiger partial charge >= 0.3 is 0 Å². The molecule has 0 radical (unpaired) electrons. The molecule has 0 N–H and O–H groups in total. The second-order valence-corrected chi connectivity index (χ2v) is 10.5. The third-order valence-corrected chi connectivity index (χ3v) is 7.77. The van der Waals surface area contributed by atoms with Crippen LogP contribution in [0, 0.1) is 31.6 Å². The Morgan fingerprint density at radius 3 is 2.07 bits per heavy atom. The van der Waals surface area contributed by atoms with E-state index in [1.807, 2.05) is 0 Å². The molecule has 5 rings (SSSR count). The van der Waals surface area contributed by atoms with Gasteiger partial charge in [-0.15, -0.1) is 0 Å². The quantitative estimate of drug-likeness (QED) is 0.419. The van der Waals surface area contributed by atoms with Crippen LogP contribution in [0.1, 0.15) is 62.6 Å². The zero-order valence-electron chi connectivity index (χ0n) is 18.5. The van der Waals surface area contributed by atoms with Crippen LogP contribution in [0.2, 0.25) is 0 Å². The van der Waals surface area contributed by atoms with E-state index in [2.05, 4.69) is 82.3 Å². The number of rotatable bonds is 2. The Balaban J connectivity index is 1.59. The van der Waals surface area contributed by atoms with Crippen LogP contribution in [0.4, 0.5) is 0 Å². The molecule has 0 saturated heterocycles. The smallest absolute Gasteiger partial charge is 0.00364 e. The molecule has 2 fully saturated rings. The second-order valence-electron chi connectivity index (χ2n) is 10.5. The number of aryl methyl sites for hydroxylation is 2. The molecule has 3 aromatic rings. The van der Waals surface area contributed by atoms with E-state index in [9.17, 15) is 0 Å². The normalized spacial score (nSPS) is 29.2. The second kappa shape index (κ2) is 7.01. The highest BCUT2D eigenvalue weighted by molar-refractivity contribution is 5.88. The maximum Gasteiger partial charge on any atom is -0.00364 e. The van der Waals surface area contributed by atoms with Gasteiger partial charge in [-0.05, 0) is 108 Å². The minimum atomic E-state index is 0.397. The predicted molar refractivity (Wildman–Crippen MR) is 125 cm³/mol. The Bertz CT molecular complexity index is 1040. The SMILES string of the molecule is Cc1ccc2cc(-c3ccc(C)c(C45CC(C)CC(CC(C)C4)C5)c3)ccc2c1. The number of benzene rings is 3. The minimum Gasteiger partial charge on any atom is -0.0625 e. The molecule has 0 spiro atoms. The van der Waals surface area contributed by atoms with E-state index >= 15 is 0 Å². The molecule has 0 aromatic heterocycles. The molecule has 0 heteroatoms. The van der Waals surface area contributed by atoms with Crippen LogP contribution in [-0.2, 0) is 5.41 Å². The van der Waals surface area contributed by atoms with Crippen molar-refractivity contribution < 1.29 is 0 Å². The number of hydrogen-bond donors (Lipinski definition) is 0. The van der Waals surface area contributed by atoms with Crippen molar-refractivity contribution >= 4 is 10.8 Å². The van der Waals surface area contributed by atoms with Crippen molar-refractivity contribution in [2.75, 3.05) is 0 Å². The van der Waals surface area contributed by atoms with Crippen molar-refractivity contribution in [3.05, 3.63) is 71.3 Å². The first-order chi connectivity index (χ1) is 13.9. The predicted octanol–water partition coefficient (Wildman–Crippen LogP) is 8.23. The van der Waals surface area contributed by atoms with Crippen molar-refractivity contribution in [3.8, 4) is 11.1 Å². The first kappa shape index (κ1) is 18.9. The molecular weight excluding hydrogens is 348 g/mol. The van der Waals surface area contributed by atoms with Crippen molar-refractivity contribution in [2.24, 2.45) is 17.8 Å². The van der Waals surface area contributed by atoms with E-state index in [4.69, 9.17) is 0 Å². The van der Waals surface area contributed by atoms with Crippen LogP contribution < -0.4 is 0 Å². The van der Waals surface area contributed by atoms with Gasteiger partial charge in [0.1, 0.15) is 0 Å². The molecule has 2 saturated carbocycles. The molecular formula is C29H34. The van der Waals surface area contributed by atoms with E-state index in [0.717, 1.165) is 17.8 Å². The van der Waals surface area contributed by atoms with Crippen molar-refractivity contribution in [1.82, 2.24) is 0 Å². The van der Waals surface area contributed by atoms with Gasteiger partial charge in [0.2, 0.25) is 0 Å².